The number of aryl methyl sites for hydroxylation is 1. The molecule has 1 aliphatic rings. The predicted octanol–water partition coefficient (Wildman–Crippen LogP) is 3.43. The van der Waals surface area contributed by atoms with Crippen LogP contribution in [0.15, 0.2) is 39.7 Å². The van der Waals surface area contributed by atoms with Crippen LogP contribution in [-0.2, 0) is 9.59 Å². The van der Waals surface area contributed by atoms with E-state index in [-0.39, 0.29) is 4.91 Å². The second-order valence-electron chi connectivity index (χ2n) is 5.40. The van der Waals surface area contributed by atoms with Crippen molar-refractivity contribution in [2.24, 2.45) is 5.73 Å². The average molecular weight is 377 g/mol. The summed E-state index contributed by atoms with van der Waals surface area (Å²) in [6, 6.07) is 8.99. The molecule has 0 saturated carbocycles. The van der Waals surface area contributed by atoms with Crippen LogP contribution in [0.3, 0.4) is 0 Å². The number of amides is 3. The molecule has 8 heteroatoms. The maximum absolute atomic E-state index is 12.2. The lowest BCUT2D eigenvalue weighted by Gasteiger charge is -2.08. The molecule has 0 unspecified atom stereocenters. The van der Waals surface area contributed by atoms with Crippen molar-refractivity contribution >= 4 is 46.5 Å². The maximum Gasteiger partial charge on any atom is 0.294 e. The third-order valence-electron chi connectivity index (χ3n) is 3.54. The lowest BCUT2D eigenvalue weighted by atomic mass is 10.1. The first-order chi connectivity index (χ1) is 11.8. The number of imide groups is 1. The zero-order valence-corrected chi connectivity index (χ0v) is 14.7. The van der Waals surface area contributed by atoms with Crippen LogP contribution < -0.4 is 5.73 Å². The van der Waals surface area contributed by atoms with Crippen LogP contribution in [0.2, 0.25) is 5.02 Å². The highest BCUT2D eigenvalue weighted by atomic mass is 35.5. The van der Waals surface area contributed by atoms with Gasteiger partial charge in [0.1, 0.15) is 18.1 Å². The fourth-order valence-corrected chi connectivity index (χ4v) is 3.25. The molecule has 128 valence electrons. The highest BCUT2D eigenvalue weighted by Crippen LogP contribution is 2.33. The maximum atomic E-state index is 12.2. The second kappa shape index (κ2) is 6.78. The average Bonchev–Trinajstić information content (AvgIpc) is 3.11. The summed E-state index contributed by atoms with van der Waals surface area (Å²) >= 11 is 6.86. The summed E-state index contributed by atoms with van der Waals surface area (Å²) in [5.74, 6) is -0.314. The zero-order chi connectivity index (χ0) is 18.1. The van der Waals surface area contributed by atoms with E-state index in [4.69, 9.17) is 21.8 Å². The largest absolute Gasteiger partial charge is 0.457 e. The molecule has 0 bridgehead atoms. The first-order valence-electron chi connectivity index (χ1n) is 7.25. The van der Waals surface area contributed by atoms with Crippen molar-refractivity contribution in [3.8, 4) is 11.3 Å². The van der Waals surface area contributed by atoms with Crippen molar-refractivity contribution < 1.29 is 18.8 Å². The molecule has 0 aliphatic carbocycles. The van der Waals surface area contributed by atoms with Crippen molar-refractivity contribution in [1.82, 2.24) is 4.90 Å². The van der Waals surface area contributed by atoms with Crippen molar-refractivity contribution in [3.63, 3.8) is 0 Å². The van der Waals surface area contributed by atoms with Crippen LogP contribution in [0, 0.1) is 6.92 Å². The Kier molecular flexibility index (Phi) is 4.69. The summed E-state index contributed by atoms with van der Waals surface area (Å²) in [4.78, 5) is 35.9. The standard InChI is InChI=1S/C17H13ClN2O4S/c1-9-2-3-10(6-12(9)18)13-5-4-11(24-13)7-14-16(22)20(8-15(19)21)17(23)25-14/h2-7H,8H2,1H3,(H2,19,21)/b14-7-. The summed E-state index contributed by atoms with van der Waals surface area (Å²) in [5, 5.41) is 0.0927. The van der Waals surface area contributed by atoms with Gasteiger partial charge in [-0.05, 0) is 42.4 Å². The monoisotopic (exact) mass is 376 g/mol. The molecule has 3 amide bonds. The lowest BCUT2D eigenvalue weighted by Crippen LogP contribution is -2.36. The first-order valence-corrected chi connectivity index (χ1v) is 8.44. The fourth-order valence-electron chi connectivity index (χ4n) is 2.25. The minimum atomic E-state index is -0.750. The second-order valence-corrected chi connectivity index (χ2v) is 6.80. The minimum absolute atomic E-state index is 0.175. The molecule has 0 atom stereocenters. The van der Waals surface area contributed by atoms with Gasteiger partial charge >= 0.3 is 0 Å². The normalized spacial score (nSPS) is 16.1. The molecular weight excluding hydrogens is 364 g/mol. The van der Waals surface area contributed by atoms with Crippen molar-refractivity contribution in [1.29, 1.82) is 0 Å². The van der Waals surface area contributed by atoms with E-state index in [0.29, 0.717) is 16.5 Å². The number of furan rings is 1. The number of carbonyl (C=O) groups excluding carboxylic acids is 3. The van der Waals surface area contributed by atoms with E-state index in [1.165, 1.54) is 6.08 Å². The Morgan fingerprint density at radius 3 is 2.76 bits per heavy atom. The molecule has 0 radical (unpaired) electrons. The van der Waals surface area contributed by atoms with Gasteiger partial charge in [-0.1, -0.05) is 23.7 Å². The molecule has 6 nitrogen and oxygen atoms in total. The van der Waals surface area contributed by atoms with Gasteiger partial charge in [0, 0.05) is 16.7 Å². The van der Waals surface area contributed by atoms with E-state index >= 15 is 0 Å². The summed E-state index contributed by atoms with van der Waals surface area (Å²) < 4.78 is 5.70. The van der Waals surface area contributed by atoms with Crippen molar-refractivity contribution in [3.05, 3.63) is 51.6 Å². The quantitative estimate of drug-likeness (QED) is 0.825. The number of benzene rings is 1. The summed E-state index contributed by atoms with van der Waals surface area (Å²) in [6.45, 7) is 1.47. The molecule has 1 aromatic carbocycles. The molecule has 1 saturated heterocycles. The summed E-state index contributed by atoms with van der Waals surface area (Å²) in [6.07, 6.45) is 1.46. The van der Waals surface area contributed by atoms with Gasteiger partial charge in [0.2, 0.25) is 5.91 Å². The number of thioether (sulfide) groups is 1. The van der Waals surface area contributed by atoms with Gasteiger partial charge in [0.25, 0.3) is 11.1 Å². The Morgan fingerprint density at radius 2 is 2.08 bits per heavy atom. The van der Waals surface area contributed by atoms with E-state index in [0.717, 1.165) is 27.8 Å². The highest BCUT2D eigenvalue weighted by molar-refractivity contribution is 8.18. The van der Waals surface area contributed by atoms with Crippen molar-refractivity contribution in [2.45, 2.75) is 6.92 Å². The number of hydrogen-bond acceptors (Lipinski definition) is 5. The van der Waals surface area contributed by atoms with Crippen molar-refractivity contribution in [2.75, 3.05) is 6.54 Å². The number of rotatable bonds is 4. The van der Waals surface area contributed by atoms with Crippen LogP contribution in [0.5, 0.6) is 0 Å². The summed E-state index contributed by atoms with van der Waals surface area (Å²) in [5.41, 5.74) is 6.80. The van der Waals surface area contributed by atoms with E-state index in [1.807, 2.05) is 19.1 Å². The molecular formula is C17H13ClN2O4S. The van der Waals surface area contributed by atoms with E-state index in [9.17, 15) is 14.4 Å². The number of carbonyl (C=O) groups is 3. The fraction of sp³-hybridized carbons (Fsp3) is 0.118. The minimum Gasteiger partial charge on any atom is -0.457 e. The topological polar surface area (TPSA) is 93.6 Å². The number of halogens is 1. The summed E-state index contributed by atoms with van der Waals surface area (Å²) in [7, 11) is 0. The Bertz CT molecular complexity index is 919. The van der Waals surface area contributed by atoms with E-state index in [1.54, 1.807) is 18.2 Å². The molecule has 1 aromatic heterocycles. The van der Waals surface area contributed by atoms with E-state index < -0.39 is 23.6 Å². The molecule has 1 aliphatic heterocycles. The van der Waals surface area contributed by atoms with Crippen LogP contribution in [-0.4, -0.2) is 28.5 Å². The first kappa shape index (κ1) is 17.3. The van der Waals surface area contributed by atoms with Gasteiger partial charge in [-0.2, -0.15) is 0 Å². The van der Waals surface area contributed by atoms with Gasteiger partial charge in [-0.3, -0.25) is 19.3 Å². The molecule has 1 fully saturated rings. The van der Waals surface area contributed by atoms with Crippen LogP contribution in [0.1, 0.15) is 11.3 Å². The Balaban J connectivity index is 1.84. The molecule has 25 heavy (non-hydrogen) atoms. The molecule has 2 aromatic rings. The van der Waals surface area contributed by atoms with Crippen LogP contribution in [0.25, 0.3) is 17.4 Å². The number of hydrogen-bond donors (Lipinski definition) is 1. The third kappa shape index (κ3) is 3.62. The third-order valence-corrected chi connectivity index (χ3v) is 4.86. The zero-order valence-electron chi connectivity index (χ0n) is 13.1. The van der Waals surface area contributed by atoms with Crippen LogP contribution >= 0.6 is 23.4 Å². The van der Waals surface area contributed by atoms with Gasteiger partial charge in [-0.15, -0.1) is 0 Å². The SMILES string of the molecule is Cc1ccc(-c2ccc(/C=C3\SC(=O)N(CC(N)=O)C3=O)o2)cc1Cl. The number of nitrogens with zero attached hydrogens (tertiary/aromatic N) is 1. The smallest absolute Gasteiger partial charge is 0.294 e. The van der Waals surface area contributed by atoms with E-state index in [2.05, 4.69) is 0 Å². The van der Waals surface area contributed by atoms with Gasteiger partial charge < -0.3 is 10.2 Å². The van der Waals surface area contributed by atoms with Crippen LogP contribution in [0.4, 0.5) is 4.79 Å². The van der Waals surface area contributed by atoms with Gasteiger partial charge in [0.05, 0.1) is 4.91 Å². The number of primary amides is 1. The molecule has 3 rings (SSSR count). The Hall–Kier alpha value is -2.51. The Labute approximate surface area is 152 Å². The Morgan fingerprint density at radius 1 is 1.32 bits per heavy atom. The molecule has 0 spiro atoms. The van der Waals surface area contributed by atoms with Gasteiger partial charge in [-0.25, -0.2) is 0 Å². The number of nitrogens with two attached hydrogens (primary N) is 1. The predicted molar refractivity (Wildman–Crippen MR) is 95.8 cm³/mol. The molecule has 2 heterocycles. The highest BCUT2D eigenvalue weighted by Gasteiger charge is 2.36. The molecule has 2 N–H and O–H groups in total. The van der Waals surface area contributed by atoms with Gasteiger partial charge in [0.15, 0.2) is 0 Å². The lowest BCUT2D eigenvalue weighted by molar-refractivity contribution is -0.127.